The average Bonchev–Trinajstić information content (AvgIpc) is 3.14. The number of nitrogens with zero attached hydrogens (tertiary/aromatic N) is 1. The van der Waals surface area contributed by atoms with Gasteiger partial charge in [0.1, 0.15) is 0 Å². The largest absolute Gasteiger partial charge is 0.345 e. The SMILES string of the molecule is CC(C(=O)C(=O)NCc1ccccc1)c1ccc(N2Cc3ccccc3C2=O)cc1. The van der Waals surface area contributed by atoms with Gasteiger partial charge in [0.2, 0.25) is 5.78 Å². The fourth-order valence-electron chi connectivity index (χ4n) is 3.62. The summed E-state index contributed by atoms with van der Waals surface area (Å²) in [5, 5.41) is 2.68. The van der Waals surface area contributed by atoms with Crippen LogP contribution in [0.2, 0.25) is 0 Å². The Labute approximate surface area is 175 Å². The van der Waals surface area contributed by atoms with E-state index in [4.69, 9.17) is 0 Å². The summed E-state index contributed by atoms with van der Waals surface area (Å²) in [4.78, 5) is 39.1. The van der Waals surface area contributed by atoms with Gasteiger partial charge in [0.15, 0.2) is 0 Å². The highest BCUT2D eigenvalue weighted by Crippen LogP contribution is 2.29. The molecule has 3 aromatic rings. The lowest BCUT2D eigenvalue weighted by atomic mass is 9.96. The van der Waals surface area contributed by atoms with Crippen molar-refractivity contribution in [3.05, 3.63) is 101 Å². The number of benzene rings is 3. The fourth-order valence-corrected chi connectivity index (χ4v) is 3.62. The number of carbonyl (C=O) groups is 3. The minimum Gasteiger partial charge on any atom is -0.345 e. The Hall–Kier alpha value is -3.73. The molecule has 4 rings (SSSR count). The van der Waals surface area contributed by atoms with Crippen molar-refractivity contribution in [2.45, 2.75) is 25.9 Å². The highest BCUT2D eigenvalue weighted by molar-refractivity contribution is 6.38. The Bertz CT molecular complexity index is 1090. The molecule has 150 valence electrons. The maximum atomic E-state index is 12.6. The van der Waals surface area contributed by atoms with Crippen molar-refractivity contribution >= 4 is 23.3 Å². The summed E-state index contributed by atoms with van der Waals surface area (Å²) in [6, 6.07) is 24.3. The lowest BCUT2D eigenvalue weighted by Crippen LogP contribution is -2.33. The second kappa shape index (κ2) is 8.33. The first kappa shape index (κ1) is 19.6. The van der Waals surface area contributed by atoms with Crippen molar-refractivity contribution in [3.63, 3.8) is 0 Å². The van der Waals surface area contributed by atoms with Crippen LogP contribution in [0.15, 0.2) is 78.9 Å². The number of hydrogen-bond donors (Lipinski definition) is 1. The number of amides is 2. The number of ketones is 1. The first-order valence-electron chi connectivity index (χ1n) is 9.90. The van der Waals surface area contributed by atoms with Gasteiger partial charge in [-0.15, -0.1) is 0 Å². The van der Waals surface area contributed by atoms with Gasteiger partial charge < -0.3 is 10.2 Å². The van der Waals surface area contributed by atoms with Gasteiger partial charge in [-0.2, -0.15) is 0 Å². The van der Waals surface area contributed by atoms with Crippen molar-refractivity contribution in [2.24, 2.45) is 0 Å². The third-order valence-electron chi connectivity index (χ3n) is 5.44. The van der Waals surface area contributed by atoms with E-state index in [-0.39, 0.29) is 5.91 Å². The molecule has 1 unspecified atom stereocenters. The van der Waals surface area contributed by atoms with Gasteiger partial charge in [-0.05, 0) is 34.9 Å². The summed E-state index contributed by atoms with van der Waals surface area (Å²) in [5.74, 6) is -1.67. The molecule has 5 heteroatoms. The van der Waals surface area contributed by atoms with E-state index in [1.165, 1.54) is 0 Å². The van der Waals surface area contributed by atoms with E-state index in [0.717, 1.165) is 27.9 Å². The van der Waals surface area contributed by atoms with Crippen molar-refractivity contribution in [3.8, 4) is 0 Å². The fraction of sp³-hybridized carbons (Fsp3) is 0.160. The van der Waals surface area contributed by atoms with Crippen LogP contribution in [0.4, 0.5) is 5.69 Å². The van der Waals surface area contributed by atoms with Gasteiger partial charge in [0.25, 0.3) is 11.8 Å². The molecule has 0 spiro atoms. The van der Waals surface area contributed by atoms with Crippen LogP contribution in [0, 0.1) is 0 Å². The van der Waals surface area contributed by atoms with Crippen molar-refractivity contribution in [1.82, 2.24) is 5.32 Å². The molecular weight excluding hydrogens is 376 g/mol. The van der Waals surface area contributed by atoms with Crippen molar-refractivity contribution < 1.29 is 14.4 Å². The monoisotopic (exact) mass is 398 g/mol. The summed E-state index contributed by atoms with van der Waals surface area (Å²) in [6.07, 6.45) is 0. The van der Waals surface area contributed by atoms with E-state index in [1.807, 2.05) is 66.7 Å². The van der Waals surface area contributed by atoms with Crippen LogP contribution in [0.25, 0.3) is 0 Å². The molecule has 0 bridgehead atoms. The molecule has 1 heterocycles. The highest BCUT2D eigenvalue weighted by atomic mass is 16.2. The van der Waals surface area contributed by atoms with Crippen molar-refractivity contribution in [1.29, 1.82) is 0 Å². The maximum absolute atomic E-state index is 12.6. The van der Waals surface area contributed by atoms with Crippen LogP contribution in [0.5, 0.6) is 0 Å². The number of Topliss-reactive ketones (excluding diaryl/α,β-unsaturated/α-hetero) is 1. The number of carbonyl (C=O) groups excluding carboxylic acids is 3. The molecular formula is C25H22N2O3. The zero-order chi connectivity index (χ0) is 21.1. The summed E-state index contributed by atoms with van der Waals surface area (Å²) in [5.41, 5.74) is 4.17. The molecule has 0 saturated heterocycles. The normalized spacial score (nSPS) is 13.6. The third kappa shape index (κ3) is 3.87. The highest BCUT2D eigenvalue weighted by Gasteiger charge is 2.28. The molecule has 0 aromatic heterocycles. The van der Waals surface area contributed by atoms with Crippen LogP contribution >= 0.6 is 0 Å². The molecule has 1 atom stereocenters. The molecule has 0 radical (unpaired) electrons. The summed E-state index contributed by atoms with van der Waals surface area (Å²) >= 11 is 0. The van der Waals surface area contributed by atoms with Crippen molar-refractivity contribution in [2.75, 3.05) is 4.90 Å². The molecule has 0 saturated carbocycles. The number of anilines is 1. The topological polar surface area (TPSA) is 66.5 Å². The molecule has 1 aliphatic rings. The minimum atomic E-state index is -0.597. The van der Waals surface area contributed by atoms with Gasteiger partial charge in [-0.25, -0.2) is 0 Å². The van der Waals surface area contributed by atoms with Gasteiger partial charge in [0.05, 0.1) is 6.54 Å². The maximum Gasteiger partial charge on any atom is 0.288 e. The van der Waals surface area contributed by atoms with E-state index in [2.05, 4.69) is 5.32 Å². The Morgan fingerprint density at radius 1 is 0.933 bits per heavy atom. The molecule has 2 amide bonds. The molecule has 1 aliphatic heterocycles. The zero-order valence-electron chi connectivity index (χ0n) is 16.7. The summed E-state index contributed by atoms with van der Waals surface area (Å²) < 4.78 is 0. The minimum absolute atomic E-state index is 0.0252. The van der Waals surface area contributed by atoms with E-state index in [0.29, 0.717) is 13.1 Å². The smallest absolute Gasteiger partial charge is 0.288 e. The molecule has 0 aliphatic carbocycles. The second-order valence-electron chi connectivity index (χ2n) is 7.39. The molecule has 0 fully saturated rings. The Balaban J connectivity index is 1.40. The molecule has 3 aromatic carbocycles. The van der Waals surface area contributed by atoms with Crippen LogP contribution in [-0.4, -0.2) is 17.6 Å². The Morgan fingerprint density at radius 3 is 2.30 bits per heavy atom. The Morgan fingerprint density at radius 2 is 1.60 bits per heavy atom. The van der Waals surface area contributed by atoms with Gasteiger partial charge >= 0.3 is 0 Å². The standard InChI is InChI=1S/C25H22N2O3/c1-17(23(28)24(29)26-15-18-7-3-2-4-8-18)19-11-13-21(14-12-19)27-16-20-9-5-6-10-22(20)25(27)30/h2-14,17H,15-16H2,1H3,(H,26,29). The lowest BCUT2D eigenvalue weighted by Gasteiger charge is -2.17. The van der Waals surface area contributed by atoms with E-state index in [1.54, 1.807) is 24.0 Å². The number of hydrogen-bond acceptors (Lipinski definition) is 3. The predicted octanol–water partition coefficient (Wildman–Crippen LogP) is 3.84. The van der Waals surface area contributed by atoms with Crippen LogP contribution in [0.1, 0.15) is 39.9 Å². The predicted molar refractivity (Wildman–Crippen MR) is 115 cm³/mol. The molecule has 1 N–H and O–H groups in total. The van der Waals surface area contributed by atoms with Gasteiger partial charge in [-0.1, -0.05) is 67.6 Å². The van der Waals surface area contributed by atoms with E-state index >= 15 is 0 Å². The number of rotatable bonds is 6. The quantitative estimate of drug-likeness (QED) is 0.642. The first-order chi connectivity index (χ1) is 14.5. The molecule has 30 heavy (non-hydrogen) atoms. The van der Waals surface area contributed by atoms with Gasteiger partial charge in [0, 0.05) is 23.7 Å². The van der Waals surface area contributed by atoms with Gasteiger partial charge in [-0.3, -0.25) is 14.4 Å². The third-order valence-corrected chi connectivity index (χ3v) is 5.44. The average molecular weight is 398 g/mol. The summed E-state index contributed by atoms with van der Waals surface area (Å²) in [6.45, 7) is 2.57. The zero-order valence-corrected chi connectivity index (χ0v) is 16.7. The van der Waals surface area contributed by atoms with Crippen LogP contribution in [0.3, 0.4) is 0 Å². The van der Waals surface area contributed by atoms with E-state index in [9.17, 15) is 14.4 Å². The second-order valence-corrected chi connectivity index (χ2v) is 7.39. The lowest BCUT2D eigenvalue weighted by molar-refractivity contribution is -0.138. The number of nitrogens with one attached hydrogen (secondary N) is 1. The first-order valence-corrected chi connectivity index (χ1v) is 9.90. The van der Waals surface area contributed by atoms with Crippen LogP contribution < -0.4 is 10.2 Å². The van der Waals surface area contributed by atoms with E-state index < -0.39 is 17.6 Å². The Kier molecular flexibility index (Phi) is 5.44. The van der Waals surface area contributed by atoms with Crippen LogP contribution in [-0.2, 0) is 22.7 Å². The summed E-state index contributed by atoms with van der Waals surface area (Å²) in [7, 11) is 0. The molecule has 5 nitrogen and oxygen atoms in total. The number of fused-ring (bicyclic) bond motifs is 1.